The van der Waals surface area contributed by atoms with Crippen LogP contribution in [-0.4, -0.2) is 19.2 Å². The Hall–Kier alpha value is -2.01. The fourth-order valence-corrected chi connectivity index (χ4v) is 1.98. The molecule has 2 aromatic rings. The number of benzene rings is 2. The zero-order chi connectivity index (χ0) is 15.2. The summed E-state index contributed by atoms with van der Waals surface area (Å²) in [7, 11) is 0. The number of hydrogen-bond donors (Lipinski definition) is 1. The van der Waals surface area contributed by atoms with Gasteiger partial charge in [0, 0.05) is 10.2 Å². The molecular weight excluding hydrogens is 334 g/mol. The molecule has 0 aromatic heterocycles. The van der Waals surface area contributed by atoms with Gasteiger partial charge in [-0.2, -0.15) is 0 Å². The van der Waals surface area contributed by atoms with Gasteiger partial charge in [-0.1, -0.05) is 15.9 Å². The van der Waals surface area contributed by atoms with Crippen LogP contribution in [0.4, 0.5) is 5.69 Å². The third-order valence-electron chi connectivity index (χ3n) is 2.90. The fraction of sp³-hybridized carbons (Fsp3) is 0.188. The van der Waals surface area contributed by atoms with E-state index < -0.39 is 0 Å². The van der Waals surface area contributed by atoms with Gasteiger partial charge in [-0.15, -0.1) is 0 Å². The molecule has 0 unspecified atom stereocenters. The van der Waals surface area contributed by atoms with Gasteiger partial charge >= 0.3 is 5.97 Å². The summed E-state index contributed by atoms with van der Waals surface area (Å²) in [6.07, 6.45) is 0. The minimum Gasteiger partial charge on any atom is -0.490 e. The quantitative estimate of drug-likeness (QED) is 0.509. The van der Waals surface area contributed by atoms with Gasteiger partial charge in [-0.3, -0.25) is 0 Å². The number of nitrogens with two attached hydrogens (primary N) is 1. The summed E-state index contributed by atoms with van der Waals surface area (Å²) in [6, 6.07) is 12.5. The van der Waals surface area contributed by atoms with Gasteiger partial charge in [0.05, 0.1) is 5.56 Å². The van der Waals surface area contributed by atoms with Crippen molar-refractivity contribution in [3.8, 4) is 5.75 Å². The zero-order valence-corrected chi connectivity index (χ0v) is 13.2. The summed E-state index contributed by atoms with van der Waals surface area (Å²) >= 11 is 3.35. The predicted octanol–water partition coefficient (Wildman–Crippen LogP) is 3.58. The third kappa shape index (κ3) is 4.49. The highest BCUT2D eigenvalue weighted by atomic mass is 79.9. The van der Waals surface area contributed by atoms with Gasteiger partial charge in [0.2, 0.25) is 0 Å². The van der Waals surface area contributed by atoms with Gasteiger partial charge in [0.1, 0.15) is 19.0 Å². The maximum absolute atomic E-state index is 11.8. The second kappa shape index (κ2) is 7.13. The van der Waals surface area contributed by atoms with E-state index in [0.29, 0.717) is 17.9 Å². The monoisotopic (exact) mass is 349 g/mol. The number of carbonyl (C=O) groups excluding carboxylic acids is 1. The molecule has 0 aliphatic rings. The van der Waals surface area contributed by atoms with Crippen LogP contribution in [0.3, 0.4) is 0 Å². The SMILES string of the molecule is Cc1cc(C(=O)OCCOc2ccc(Br)cc2)ccc1N. The van der Waals surface area contributed by atoms with Crippen molar-refractivity contribution in [2.45, 2.75) is 6.92 Å². The molecule has 110 valence electrons. The van der Waals surface area contributed by atoms with Crippen LogP contribution in [-0.2, 0) is 4.74 Å². The largest absolute Gasteiger partial charge is 0.490 e. The van der Waals surface area contributed by atoms with Gasteiger partial charge < -0.3 is 15.2 Å². The van der Waals surface area contributed by atoms with Crippen molar-refractivity contribution in [3.05, 3.63) is 58.1 Å². The second-order valence-electron chi connectivity index (χ2n) is 4.51. The van der Waals surface area contributed by atoms with Crippen LogP contribution in [0.5, 0.6) is 5.75 Å². The van der Waals surface area contributed by atoms with E-state index >= 15 is 0 Å². The summed E-state index contributed by atoms with van der Waals surface area (Å²) in [4.78, 5) is 11.8. The summed E-state index contributed by atoms with van der Waals surface area (Å²) in [5.74, 6) is 0.357. The summed E-state index contributed by atoms with van der Waals surface area (Å²) in [5, 5.41) is 0. The number of ether oxygens (including phenoxy) is 2. The molecule has 0 amide bonds. The average molecular weight is 350 g/mol. The molecule has 2 N–H and O–H groups in total. The molecule has 5 heteroatoms. The van der Waals surface area contributed by atoms with Crippen molar-refractivity contribution in [2.24, 2.45) is 0 Å². The Balaban J connectivity index is 1.79. The standard InChI is InChI=1S/C16H16BrNO3/c1-11-10-12(2-7-15(11)18)16(19)21-9-8-20-14-5-3-13(17)4-6-14/h2-7,10H,8-9,18H2,1H3. The van der Waals surface area contributed by atoms with Crippen molar-refractivity contribution >= 4 is 27.6 Å². The highest BCUT2D eigenvalue weighted by molar-refractivity contribution is 9.10. The number of esters is 1. The number of anilines is 1. The molecule has 0 bridgehead atoms. The zero-order valence-electron chi connectivity index (χ0n) is 11.6. The van der Waals surface area contributed by atoms with E-state index in [9.17, 15) is 4.79 Å². The molecule has 0 atom stereocenters. The lowest BCUT2D eigenvalue weighted by Gasteiger charge is -2.08. The number of halogens is 1. The highest BCUT2D eigenvalue weighted by Crippen LogP contribution is 2.16. The maximum Gasteiger partial charge on any atom is 0.338 e. The normalized spacial score (nSPS) is 10.2. The highest BCUT2D eigenvalue weighted by Gasteiger charge is 2.08. The molecule has 0 fully saturated rings. The minimum atomic E-state index is -0.377. The second-order valence-corrected chi connectivity index (χ2v) is 5.43. The van der Waals surface area contributed by atoms with E-state index in [-0.39, 0.29) is 12.6 Å². The molecule has 0 aliphatic carbocycles. The Morgan fingerprint density at radius 1 is 1.14 bits per heavy atom. The molecular formula is C16H16BrNO3. The van der Waals surface area contributed by atoms with Crippen LogP contribution in [0.2, 0.25) is 0 Å². The molecule has 2 aromatic carbocycles. The molecule has 2 rings (SSSR count). The Morgan fingerprint density at radius 2 is 1.86 bits per heavy atom. The average Bonchev–Trinajstić information content (AvgIpc) is 2.48. The van der Waals surface area contributed by atoms with Crippen molar-refractivity contribution in [2.75, 3.05) is 18.9 Å². The molecule has 0 saturated heterocycles. The summed E-state index contributed by atoms with van der Waals surface area (Å²) in [5.41, 5.74) is 7.72. The van der Waals surface area contributed by atoms with Crippen LogP contribution in [0.25, 0.3) is 0 Å². The summed E-state index contributed by atoms with van der Waals surface area (Å²) < 4.78 is 11.6. The first kappa shape index (κ1) is 15.4. The van der Waals surface area contributed by atoms with E-state index in [1.54, 1.807) is 18.2 Å². The van der Waals surface area contributed by atoms with Crippen molar-refractivity contribution in [1.82, 2.24) is 0 Å². The van der Waals surface area contributed by atoms with E-state index in [0.717, 1.165) is 15.8 Å². The number of nitrogen functional groups attached to an aromatic ring is 1. The van der Waals surface area contributed by atoms with E-state index in [4.69, 9.17) is 15.2 Å². The van der Waals surface area contributed by atoms with Crippen molar-refractivity contribution in [1.29, 1.82) is 0 Å². The van der Waals surface area contributed by atoms with Gasteiger partial charge in [-0.25, -0.2) is 4.79 Å². The van der Waals surface area contributed by atoms with Gasteiger partial charge in [0.25, 0.3) is 0 Å². The Kier molecular flexibility index (Phi) is 5.22. The van der Waals surface area contributed by atoms with E-state index in [1.807, 2.05) is 31.2 Å². The molecule has 0 saturated carbocycles. The molecule has 0 aliphatic heterocycles. The summed E-state index contributed by atoms with van der Waals surface area (Å²) in [6.45, 7) is 2.35. The minimum absolute atomic E-state index is 0.193. The smallest absolute Gasteiger partial charge is 0.338 e. The predicted molar refractivity (Wildman–Crippen MR) is 85.5 cm³/mol. The topological polar surface area (TPSA) is 61.5 Å². The van der Waals surface area contributed by atoms with Gasteiger partial charge in [0.15, 0.2) is 0 Å². The molecule has 0 spiro atoms. The number of hydrogen-bond acceptors (Lipinski definition) is 4. The van der Waals surface area contributed by atoms with Crippen LogP contribution >= 0.6 is 15.9 Å². The lowest BCUT2D eigenvalue weighted by Crippen LogP contribution is -2.12. The maximum atomic E-state index is 11.8. The fourth-order valence-electron chi connectivity index (χ4n) is 1.71. The van der Waals surface area contributed by atoms with E-state index in [1.165, 1.54) is 0 Å². The molecule has 21 heavy (non-hydrogen) atoms. The number of carbonyl (C=O) groups is 1. The van der Waals surface area contributed by atoms with Crippen LogP contribution in [0, 0.1) is 6.92 Å². The lowest BCUT2D eigenvalue weighted by molar-refractivity contribution is 0.0450. The van der Waals surface area contributed by atoms with Crippen LogP contribution in [0.15, 0.2) is 46.9 Å². The molecule has 0 radical (unpaired) electrons. The van der Waals surface area contributed by atoms with E-state index in [2.05, 4.69) is 15.9 Å². The van der Waals surface area contributed by atoms with Crippen molar-refractivity contribution < 1.29 is 14.3 Å². The first-order valence-electron chi connectivity index (χ1n) is 6.48. The number of rotatable bonds is 5. The Morgan fingerprint density at radius 3 is 2.52 bits per heavy atom. The lowest BCUT2D eigenvalue weighted by atomic mass is 10.1. The van der Waals surface area contributed by atoms with Gasteiger partial charge in [-0.05, 0) is 55.0 Å². The van der Waals surface area contributed by atoms with Crippen LogP contribution < -0.4 is 10.5 Å². The first-order chi connectivity index (χ1) is 10.1. The number of aryl methyl sites for hydroxylation is 1. The molecule has 4 nitrogen and oxygen atoms in total. The Bertz CT molecular complexity index is 626. The third-order valence-corrected chi connectivity index (χ3v) is 3.43. The molecule has 0 heterocycles. The van der Waals surface area contributed by atoms with Crippen molar-refractivity contribution in [3.63, 3.8) is 0 Å². The Labute approximate surface area is 132 Å². The van der Waals surface area contributed by atoms with Crippen LogP contribution in [0.1, 0.15) is 15.9 Å². The first-order valence-corrected chi connectivity index (χ1v) is 7.27.